The maximum atomic E-state index is 12.8. The first kappa shape index (κ1) is 12.3. The second kappa shape index (κ2) is 5.47. The van der Waals surface area contributed by atoms with Crippen molar-refractivity contribution in [2.24, 2.45) is 0 Å². The van der Waals surface area contributed by atoms with Gasteiger partial charge in [0.05, 0.1) is 10.7 Å². The molecule has 1 atom stereocenters. The number of anilines is 1. The van der Waals surface area contributed by atoms with Crippen molar-refractivity contribution in [3.8, 4) is 0 Å². The lowest BCUT2D eigenvalue weighted by molar-refractivity contribution is -0.116. The van der Waals surface area contributed by atoms with Crippen LogP contribution in [0.1, 0.15) is 19.3 Å². The number of carbonyl (C=O) groups is 1. The van der Waals surface area contributed by atoms with E-state index in [1.54, 1.807) is 0 Å². The van der Waals surface area contributed by atoms with E-state index in [4.69, 9.17) is 11.6 Å². The molecule has 1 heterocycles. The van der Waals surface area contributed by atoms with E-state index < -0.39 is 5.82 Å². The smallest absolute Gasteiger partial charge is 0.225 e. The lowest BCUT2D eigenvalue weighted by Gasteiger charge is -2.11. The van der Waals surface area contributed by atoms with E-state index in [0.29, 0.717) is 12.1 Å². The second-order valence-electron chi connectivity index (χ2n) is 4.17. The summed E-state index contributed by atoms with van der Waals surface area (Å²) in [7, 11) is 0. The Labute approximate surface area is 104 Å². The topological polar surface area (TPSA) is 41.1 Å². The molecule has 92 valence electrons. The van der Waals surface area contributed by atoms with Crippen molar-refractivity contribution in [1.82, 2.24) is 5.32 Å². The third-order valence-electron chi connectivity index (χ3n) is 2.80. The standard InChI is InChI=1S/C12H14ClFN2O/c13-10-6-8(14)3-4-11(10)16-12(17)7-9-2-1-5-15-9/h3-4,6,9,15H,1-2,5,7H2,(H,16,17). The fourth-order valence-corrected chi connectivity index (χ4v) is 2.16. The van der Waals surface area contributed by atoms with E-state index in [1.165, 1.54) is 18.2 Å². The van der Waals surface area contributed by atoms with Crippen LogP contribution in [-0.2, 0) is 4.79 Å². The Hall–Kier alpha value is -1.13. The summed E-state index contributed by atoms with van der Waals surface area (Å²) >= 11 is 5.82. The highest BCUT2D eigenvalue weighted by molar-refractivity contribution is 6.33. The fourth-order valence-electron chi connectivity index (χ4n) is 1.95. The molecule has 5 heteroatoms. The molecule has 0 radical (unpaired) electrons. The molecule has 1 saturated heterocycles. The Balaban J connectivity index is 1.93. The summed E-state index contributed by atoms with van der Waals surface area (Å²) in [5.74, 6) is -0.511. The summed E-state index contributed by atoms with van der Waals surface area (Å²) in [6.45, 7) is 0.968. The van der Waals surface area contributed by atoms with Gasteiger partial charge < -0.3 is 10.6 Å². The van der Waals surface area contributed by atoms with E-state index >= 15 is 0 Å². The summed E-state index contributed by atoms with van der Waals surface area (Å²) in [5.41, 5.74) is 0.455. The number of halogens is 2. The predicted octanol–water partition coefficient (Wildman–Crippen LogP) is 2.56. The first-order valence-corrected chi connectivity index (χ1v) is 6.01. The van der Waals surface area contributed by atoms with Gasteiger partial charge in [-0.2, -0.15) is 0 Å². The Morgan fingerprint density at radius 1 is 1.59 bits per heavy atom. The number of benzene rings is 1. The molecule has 1 unspecified atom stereocenters. The number of rotatable bonds is 3. The van der Waals surface area contributed by atoms with Gasteiger partial charge in [-0.15, -0.1) is 0 Å². The molecule has 1 amide bonds. The molecule has 1 aromatic carbocycles. The highest BCUT2D eigenvalue weighted by Crippen LogP contribution is 2.22. The average Bonchev–Trinajstić information content (AvgIpc) is 2.75. The van der Waals surface area contributed by atoms with Gasteiger partial charge in [-0.1, -0.05) is 11.6 Å². The third-order valence-corrected chi connectivity index (χ3v) is 3.11. The van der Waals surface area contributed by atoms with Crippen LogP contribution in [0, 0.1) is 5.82 Å². The Morgan fingerprint density at radius 3 is 3.06 bits per heavy atom. The van der Waals surface area contributed by atoms with Gasteiger partial charge in [0.2, 0.25) is 5.91 Å². The molecular formula is C12H14ClFN2O. The maximum absolute atomic E-state index is 12.8. The summed E-state index contributed by atoms with van der Waals surface area (Å²) in [6, 6.07) is 4.17. The molecule has 0 aromatic heterocycles. The lowest BCUT2D eigenvalue weighted by Crippen LogP contribution is -2.27. The Bertz CT molecular complexity index is 419. The first-order valence-electron chi connectivity index (χ1n) is 5.63. The SMILES string of the molecule is O=C(CC1CCCN1)Nc1ccc(F)cc1Cl. The summed E-state index contributed by atoms with van der Waals surface area (Å²) in [6.07, 6.45) is 2.55. The minimum absolute atomic E-state index is 0.0992. The van der Waals surface area contributed by atoms with Gasteiger partial charge in [-0.25, -0.2) is 4.39 Å². The molecule has 0 aliphatic carbocycles. The summed E-state index contributed by atoms with van der Waals surface area (Å²) in [5, 5.41) is 6.15. The van der Waals surface area contributed by atoms with E-state index in [-0.39, 0.29) is 17.0 Å². The highest BCUT2D eigenvalue weighted by atomic mass is 35.5. The van der Waals surface area contributed by atoms with Gasteiger partial charge in [0.25, 0.3) is 0 Å². The van der Waals surface area contributed by atoms with Gasteiger partial charge in [0.15, 0.2) is 0 Å². The van der Waals surface area contributed by atoms with Crippen LogP contribution in [0.2, 0.25) is 5.02 Å². The second-order valence-corrected chi connectivity index (χ2v) is 4.58. The van der Waals surface area contributed by atoms with Gasteiger partial charge in [-0.05, 0) is 37.6 Å². The van der Waals surface area contributed by atoms with Gasteiger partial charge in [0.1, 0.15) is 5.82 Å². The van der Waals surface area contributed by atoms with E-state index in [9.17, 15) is 9.18 Å². The normalized spacial score (nSPS) is 19.3. The molecule has 0 spiro atoms. The molecule has 1 aliphatic heterocycles. The van der Waals surface area contributed by atoms with Crippen molar-refractivity contribution in [2.45, 2.75) is 25.3 Å². The van der Waals surface area contributed by atoms with E-state index in [2.05, 4.69) is 10.6 Å². The van der Waals surface area contributed by atoms with Crippen molar-refractivity contribution in [2.75, 3.05) is 11.9 Å². The summed E-state index contributed by atoms with van der Waals surface area (Å²) in [4.78, 5) is 11.7. The molecule has 1 aliphatic rings. The Morgan fingerprint density at radius 2 is 2.41 bits per heavy atom. The lowest BCUT2D eigenvalue weighted by atomic mass is 10.1. The molecule has 3 nitrogen and oxygen atoms in total. The van der Waals surface area contributed by atoms with Crippen molar-refractivity contribution in [3.63, 3.8) is 0 Å². The minimum atomic E-state index is -0.412. The van der Waals surface area contributed by atoms with Crippen LogP contribution >= 0.6 is 11.6 Å². The average molecular weight is 257 g/mol. The number of carbonyl (C=O) groups excluding carboxylic acids is 1. The van der Waals surface area contributed by atoms with Crippen LogP contribution in [0.15, 0.2) is 18.2 Å². The molecule has 1 aromatic rings. The van der Waals surface area contributed by atoms with E-state index in [0.717, 1.165) is 19.4 Å². The molecule has 1 fully saturated rings. The largest absolute Gasteiger partial charge is 0.325 e. The van der Waals surface area contributed by atoms with Crippen molar-refractivity contribution in [3.05, 3.63) is 29.0 Å². The summed E-state index contributed by atoms with van der Waals surface area (Å²) < 4.78 is 12.8. The van der Waals surface area contributed by atoms with Crippen molar-refractivity contribution in [1.29, 1.82) is 0 Å². The number of nitrogens with one attached hydrogen (secondary N) is 2. The molecule has 0 bridgehead atoms. The van der Waals surface area contributed by atoms with Crippen LogP contribution in [-0.4, -0.2) is 18.5 Å². The predicted molar refractivity (Wildman–Crippen MR) is 65.7 cm³/mol. The zero-order valence-corrected chi connectivity index (χ0v) is 10.1. The van der Waals surface area contributed by atoms with Crippen molar-refractivity contribution < 1.29 is 9.18 Å². The van der Waals surface area contributed by atoms with Crippen LogP contribution in [0.5, 0.6) is 0 Å². The van der Waals surface area contributed by atoms with E-state index in [1.807, 2.05) is 0 Å². The molecule has 2 rings (SSSR count). The zero-order chi connectivity index (χ0) is 12.3. The number of hydrogen-bond donors (Lipinski definition) is 2. The monoisotopic (exact) mass is 256 g/mol. The van der Waals surface area contributed by atoms with Crippen LogP contribution in [0.4, 0.5) is 10.1 Å². The number of hydrogen-bond acceptors (Lipinski definition) is 2. The molecule has 2 N–H and O–H groups in total. The highest BCUT2D eigenvalue weighted by Gasteiger charge is 2.18. The number of amides is 1. The molecular weight excluding hydrogens is 243 g/mol. The zero-order valence-electron chi connectivity index (χ0n) is 9.30. The minimum Gasteiger partial charge on any atom is -0.325 e. The Kier molecular flexibility index (Phi) is 3.97. The fraction of sp³-hybridized carbons (Fsp3) is 0.417. The van der Waals surface area contributed by atoms with Gasteiger partial charge >= 0.3 is 0 Å². The quantitative estimate of drug-likeness (QED) is 0.873. The van der Waals surface area contributed by atoms with Crippen LogP contribution in [0.3, 0.4) is 0 Å². The van der Waals surface area contributed by atoms with Crippen molar-refractivity contribution >= 4 is 23.2 Å². The molecule has 0 saturated carbocycles. The molecule has 17 heavy (non-hydrogen) atoms. The van der Waals surface area contributed by atoms with Gasteiger partial charge in [0, 0.05) is 12.5 Å². The first-order chi connectivity index (χ1) is 8.15. The maximum Gasteiger partial charge on any atom is 0.225 e. The van der Waals surface area contributed by atoms with Crippen LogP contribution in [0.25, 0.3) is 0 Å². The van der Waals surface area contributed by atoms with Crippen LogP contribution < -0.4 is 10.6 Å². The van der Waals surface area contributed by atoms with Gasteiger partial charge in [-0.3, -0.25) is 4.79 Å². The third kappa shape index (κ3) is 3.41.